The van der Waals surface area contributed by atoms with E-state index in [0.29, 0.717) is 5.75 Å². The fourth-order valence-electron chi connectivity index (χ4n) is 4.31. The molecule has 1 saturated heterocycles. The second-order valence-corrected chi connectivity index (χ2v) is 16.7. The van der Waals surface area contributed by atoms with Crippen molar-refractivity contribution in [3.8, 4) is 0 Å². The topological polar surface area (TPSA) is 467 Å². The summed E-state index contributed by atoms with van der Waals surface area (Å²) in [7, 11) is -17.3. The minimum Gasteiger partial charge on any atom is -0.756 e. The number of hydrogen-bond acceptors (Lipinski definition) is 21. The minimum atomic E-state index is -5.89. The molecule has 1 aliphatic heterocycles. The van der Waals surface area contributed by atoms with Crippen molar-refractivity contribution >= 4 is 69.1 Å². The predicted molar refractivity (Wildman–Crippen MR) is 177 cm³/mol. The standard InChI is InChI=1S/C23H38N7O17P3S.3Li.3H2O/c1-12(31)51-7-6-25-14(32)4-5-26-21(35)18(34)23(2,3)9-44-50(41,42)47-49(39,40)43-8-13-17(46-48(36,37)38)16(33)22(45-13)30-11-29-15-19(24)27-10-28-20(15)30;;;;;;/h10-11,13,16-18,22,33-34H,4-9H2,1-3H3,(H,25,32)(H,26,35)(H,39,40)(H,41,42)(H2,24,27,28)(H2,36,37,38);;;;3*1H2/q;3*+1;;;/p-3. The largest absolute Gasteiger partial charge is 1.00 e. The predicted octanol–water partition coefficient (Wildman–Crippen LogP) is -14.7. The normalized spacial score (nSPS) is 21.1. The molecule has 0 radical (unpaired) electrons. The van der Waals surface area contributed by atoms with Crippen molar-refractivity contribution in [3.05, 3.63) is 12.7 Å². The summed E-state index contributed by atoms with van der Waals surface area (Å²) in [6.07, 6.45) is -7.35. The summed E-state index contributed by atoms with van der Waals surface area (Å²) in [6.45, 7) is 1.54. The van der Waals surface area contributed by atoms with Gasteiger partial charge in [-0.1, -0.05) is 25.6 Å². The number of hydrogen-bond donors (Lipinski definition) is 6. The number of nitrogens with one attached hydrogen (secondary N) is 2. The van der Waals surface area contributed by atoms with E-state index < -0.39 is 84.6 Å². The Bertz CT molecular complexity index is 1730. The Morgan fingerprint density at radius 1 is 1.04 bits per heavy atom. The number of aliphatic hydroxyl groups is 2. The fraction of sp³-hybridized carbons (Fsp3) is 0.652. The van der Waals surface area contributed by atoms with Gasteiger partial charge in [-0.25, -0.2) is 19.3 Å². The molecule has 0 aromatic carbocycles. The van der Waals surface area contributed by atoms with E-state index in [1.54, 1.807) is 0 Å². The number of phosphoric acid groups is 3. The molecule has 3 rings (SSSR count). The molecule has 0 aliphatic carbocycles. The van der Waals surface area contributed by atoms with Gasteiger partial charge in [-0.3, -0.25) is 32.6 Å². The smallest absolute Gasteiger partial charge is 0.756 e. The van der Waals surface area contributed by atoms with Gasteiger partial charge in [0.2, 0.25) is 11.8 Å². The van der Waals surface area contributed by atoms with Crippen LogP contribution in [0.1, 0.15) is 33.4 Å². The van der Waals surface area contributed by atoms with Crippen molar-refractivity contribution in [1.82, 2.24) is 30.2 Å². The molecule has 0 spiro atoms. The van der Waals surface area contributed by atoms with E-state index in [9.17, 15) is 57.9 Å². The molecule has 3 heterocycles. The summed E-state index contributed by atoms with van der Waals surface area (Å²) in [6, 6.07) is 0. The number of rotatable bonds is 19. The van der Waals surface area contributed by atoms with Crippen molar-refractivity contribution in [3.63, 3.8) is 0 Å². The molecule has 1 fully saturated rings. The molecule has 312 valence electrons. The average molecular weight is 881 g/mol. The van der Waals surface area contributed by atoms with Crippen LogP contribution in [0, 0.1) is 5.41 Å². The number of thioether (sulfide) groups is 1. The first-order chi connectivity index (χ1) is 23.5. The Morgan fingerprint density at radius 3 is 2.21 bits per heavy atom. The Labute approximate surface area is 364 Å². The van der Waals surface area contributed by atoms with E-state index in [2.05, 4.69) is 43.5 Å². The maximum atomic E-state index is 12.4. The number of nitrogen functional groups attached to an aromatic ring is 1. The van der Waals surface area contributed by atoms with Crippen LogP contribution < -0.4 is 87.6 Å². The third-order valence-corrected chi connectivity index (χ3v) is 10.6. The molecule has 2 amide bonds. The Morgan fingerprint density at radius 2 is 1.63 bits per heavy atom. The second kappa shape index (κ2) is 26.5. The van der Waals surface area contributed by atoms with Crippen LogP contribution >= 0.6 is 35.2 Å². The number of imidazole rings is 1. The van der Waals surface area contributed by atoms with E-state index in [4.69, 9.17) is 10.5 Å². The first-order valence-electron chi connectivity index (χ1n) is 14.5. The van der Waals surface area contributed by atoms with Gasteiger partial charge in [-0.05, 0) is 0 Å². The zero-order chi connectivity index (χ0) is 38.4. The molecule has 27 nitrogen and oxygen atoms in total. The summed E-state index contributed by atoms with van der Waals surface area (Å²) in [5.41, 5.74) is 4.11. The van der Waals surface area contributed by atoms with Crippen molar-refractivity contribution in [1.29, 1.82) is 0 Å². The quantitative estimate of drug-likeness (QED) is 0.0433. The van der Waals surface area contributed by atoms with Gasteiger partial charge >= 0.3 is 56.6 Å². The summed E-state index contributed by atoms with van der Waals surface area (Å²) in [5, 5.41) is 25.9. The van der Waals surface area contributed by atoms with Crippen LogP contribution in [0.3, 0.4) is 0 Å². The number of ether oxygens (including phenoxy) is 1. The number of carbonyl (C=O) groups is 3. The third-order valence-electron chi connectivity index (χ3n) is 6.79. The van der Waals surface area contributed by atoms with Crippen LogP contribution in [0.25, 0.3) is 11.2 Å². The van der Waals surface area contributed by atoms with Crippen molar-refractivity contribution in [2.75, 3.05) is 37.8 Å². The van der Waals surface area contributed by atoms with Gasteiger partial charge in [0.05, 0.1) is 19.5 Å². The van der Waals surface area contributed by atoms with Crippen LogP contribution in [-0.4, -0.2) is 124 Å². The van der Waals surface area contributed by atoms with Crippen LogP contribution in [0.2, 0.25) is 0 Å². The average Bonchev–Trinajstić information content (AvgIpc) is 3.57. The number of amides is 2. The summed E-state index contributed by atoms with van der Waals surface area (Å²) in [4.78, 5) is 92.4. The first kappa shape index (κ1) is 62.9. The van der Waals surface area contributed by atoms with Crippen molar-refractivity contribution < 1.29 is 153 Å². The molecule has 8 unspecified atom stereocenters. The molecule has 13 N–H and O–H groups in total. The maximum absolute atomic E-state index is 12.4. The number of nitrogens with zero attached hydrogens (tertiary/aromatic N) is 4. The number of aliphatic hydroxyl groups excluding tert-OH is 2. The van der Waals surface area contributed by atoms with Gasteiger partial charge in [0.25, 0.3) is 23.5 Å². The summed E-state index contributed by atoms with van der Waals surface area (Å²) >= 11 is 1.02. The molecule has 1 aliphatic rings. The van der Waals surface area contributed by atoms with Crippen LogP contribution in [-0.2, 0) is 50.7 Å². The third kappa shape index (κ3) is 19.7. The van der Waals surface area contributed by atoms with Gasteiger partial charge in [0.15, 0.2) is 22.8 Å². The van der Waals surface area contributed by atoms with Gasteiger partial charge < -0.3 is 80.9 Å². The number of nitrogens with two attached hydrogens (primary N) is 1. The SMILES string of the molecule is CC(=O)SCCNC(=O)CCNC(=O)C(O)C(C)(C)COP(=O)([O-])OP(=O)([O-])OCC1OC(n2cnc3c(N)ncnc32)C(O)C1OP(=O)([O-])O.O.O.O.[Li+].[Li+].[Li+]. The van der Waals surface area contributed by atoms with E-state index in [1.807, 2.05) is 0 Å². The molecule has 34 heteroatoms. The zero-order valence-corrected chi connectivity index (χ0v) is 35.0. The van der Waals surface area contributed by atoms with E-state index in [0.717, 1.165) is 29.0 Å². The maximum Gasteiger partial charge on any atom is 1.00 e. The van der Waals surface area contributed by atoms with Crippen molar-refractivity contribution in [2.45, 2.75) is 57.8 Å². The molecule has 0 saturated carbocycles. The zero-order valence-electron chi connectivity index (χ0n) is 31.5. The van der Waals surface area contributed by atoms with E-state index >= 15 is 0 Å². The van der Waals surface area contributed by atoms with Crippen molar-refractivity contribution in [2.24, 2.45) is 5.41 Å². The number of anilines is 1. The number of fused-ring (bicyclic) bond motifs is 1. The van der Waals surface area contributed by atoms with Gasteiger partial charge in [0.1, 0.15) is 36.3 Å². The monoisotopic (exact) mass is 881 g/mol. The van der Waals surface area contributed by atoms with Gasteiger partial charge in [0, 0.05) is 37.6 Å². The molecular weight excluding hydrogens is 840 g/mol. The van der Waals surface area contributed by atoms with Gasteiger partial charge in [-0.15, -0.1) is 0 Å². The first-order valence-corrected chi connectivity index (χ1v) is 19.9. The summed E-state index contributed by atoms with van der Waals surface area (Å²) in [5.74, 6) is -1.17. The number of phosphoric ester groups is 3. The van der Waals surface area contributed by atoms with Crippen LogP contribution in [0.15, 0.2) is 12.7 Å². The molecule has 2 aromatic rings. The molecule has 57 heavy (non-hydrogen) atoms. The Hall–Kier alpha value is -0.768. The number of carbonyl (C=O) groups excluding carboxylic acids is 3. The fourth-order valence-corrected chi connectivity index (χ4v) is 7.54. The Kier molecular flexibility index (Phi) is 29.3. The van der Waals surface area contributed by atoms with Gasteiger partial charge in [-0.2, -0.15) is 0 Å². The van der Waals surface area contributed by atoms with E-state index in [1.165, 1.54) is 20.8 Å². The molecule has 8 atom stereocenters. The summed E-state index contributed by atoms with van der Waals surface area (Å²) < 4.78 is 60.5. The minimum absolute atomic E-state index is 0. The molecule has 2 aromatic heterocycles. The second-order valence-electron chi connectivity index (χ2n) is 11.3. The van der Waals surface area contributed by atoms with E-state index in [-0.39, 0.29) is 115 Å². The molecule has 0 bridgehead atoms. The number of aromatic nitrogens is 4. The molecular formula is C23H41Li3N7O20P3S. The van der Waals surface area contributed by atoms with Crippen LogP contribution in [0.5, 0.6) is 0 Å². The van der Waals surface area contributed by atoms with Crippen LogP contribution in [0.4, 0.5) is 5.82 Å². The Balaban J connectivity index is -0.00000234.